The summed E-state index contributed by atoms with van der Waals surface area (Å²) in [5, 5.41) is 4.83. The zero-order chi connectivity index (χ0) is 16.2. The molecule has 0 amide bonds. The Kier molecular flexibility index (Phi) is 4.58. The van der Waals surface area contributed by atoms with Crippen molar-refractivity contribution in [3.63, 3.8) is 0 Å². The van der Waals surface area contributed by atoms with E-state index in [1.54, 1.807) is 0 Å². The van der Waals surface area contributed by atoms with Crippen LogP contribution < -0.4 is 5.32 Å². The third kappa shape index (κ3) is 3.35. The van der Waals surface area contributed by atoms with Crippen LogP contribution in [0.5, 0.6) is 0 Å². The van der Waals surface area contributed by atoms with Crippen LogP contribution in [0.25, 0.3) is 10.9 Å². The first-order valence-electron chi connectivity index (χ1n) is 7.96. The van der Waals surface area contributed by atoms with Gasteiger partial charge in [-0.05, 0) is 38.2 Å². The van der Waals surface area contributed by atoms with Gasteiger partial charge in [-0.2, -0.15) is 0 Å². The highest BCUT2D eigenvalue weighted by atomic mass is 15.1. The molecule has 0 saturated carbocycles. The van der Waals surface area contributed by atoms with Crippen LogP contribution >= 0.6 is 0 Å². The van der Waals surface area contributed by atoms with Crippen molar-refractivity contribution in [2.75, 3.05) is 26.0 Å². The van der Waals surface area contributed by atoms with Crippen molar-refractivity contribution in [3.05, 3.63) is 71.9 Å². The number of para-hydroxylation sites is 1. The van der Waals surface area contributed by atoms with E-state index in [4.69, 9.17) is 0 Å². The van der Waals surface area contributed by atoms with Gasteiger partial charge < -0.3 is 10.2 Å². The smallest absolute Gasteiger partial charge is 0.0722 e. The molecular formula is C20H23N3. The first kappa shape index (κ1) is 15.5. The predicted octanol–water partition coefficient (Wildman–Crippen LogP) is 4.26. The molecule has 0 saturated heterocycles. The first-order chi connectivity index (χ1) is 11.2. The largest absolute Gasteiger partial charge is 0.382 e. The summed E-state index contributed by atoms with van der Waals surface area (Å²) in [5.74, 6) is 0. The third-order valence-corrected chi connectivity index (χ3v) is 4.24. The molecular weight excluding hydrogens is 282 g/mol. The monoisotopic (exact) mass is 305 g/mol. The first-order valence-corrected chi connectivity index (χ1v) is 7.96. The molecule has 23 heavy (non-hydrogen) atoms. The van der Waals surface area contributed by atoms with Crippen LogP contribution in [0.15, 0.2) is 60.8 Å². The molecule has 0 aliphatic rings. The van der Waals surface area contributed by atoms with Gasteiger partial charge in [0.15, 0.2) is 0 Å². The molecule has 1 atom stereocenters. The predicted molar refractivity (Wildman–Crippen MR) is 97.8 cm³/mol. The van der Waals surface area contributed by atoms with E-state index in [-0.39, 0.29) is 0 Å². The summed E-state index contributed by atoms with van der Waals surface area (Å²) in [6.45, 7) is 2.96. The minimum Gasteiger partial charge on any atom is -0.382 e. The lowest BCUT2D eigenvalue weighted by molar-refractivity contribution is 0.312. The van der Waals surface area contributed by atoms with Gasteiger partial charge in [0.25, 0.3) is 0 Å². The number of hydrogen-bond donors (Lipinski definition) is 1. The second kappa shape index (κ2) is 6.80. The highest BCUT2D eigenvalue weighted by Gasteiger charge is 2.14. The van der Waals surface area contributed by atoms with Crippen molar-refractivity contribution in [1.29, 1.82) is 0 Å². The molecule has 0 radical (unpaired) electrons. The second-order valence-corrected chi connectivity index (χ2v) is 6.10. The molecule has 0 fully saturated rings. The molecule has 0 spiro atoms. The van der Waals surface area contributed by atoms with Crippen LogP contribution in [0.3, 0.4) is 0 Å². The molecule has 2 aromatic carbocycles. The summed E-state index contributed by atoms with van der Waals surface area (Å²) in [6, 6.07) is 19.2. The fourth-order valence-corrected chi connectivity index (χ4v) is 2.95. The van der Waals surface area contributed by atoms with Crippen LogP contribution in [-0.4, -0.2) is 30.5 Å². The maximum absolute atomic E-state index is 4.51. The van der Waals surface area contributed by atoms with Crippen LogP contribution in [0.2, 0.25) is 0 Å². The number of pyridine rings is 1. The number of nitrogens with one attached hydrogen (secondary N) is 1. The van der Waals surface area contributed by atoms with Gasteiger partial charge in [-0.3, -0.25) is 4.98 Å². The van der Waals surface area contributed by atoms with Crippen molar-refractivity contribution >= 4 is 16.6 Å². The Bertz CT molecular complexity index is 781. The Hall–Kier alpha value is -2.39. The Labute approximate surface area is 138 Å². The van der Waals surface area contributed by atoms with Crippen LogP contribution in [-0.2, 0) is 0 Å². The molecule has 3 nitrogen and oxygen atoms in total. The number of nitrogens with zero attached hydrogens (tertiary/aromatic N) is 2. The number of anilines is 1. The highest BCUT2D eigenvalue weighted by molar-refractivity contribution is 5.92. The minimum atomic E-state index is 0.322. The summed E-state index contributed by atoms with van der Waals surface area (Å²) in [5.41, 5.74) is 4.70. The summed E-state index contributed by atoms with van der Waals surface area (Å²) >= 11 is 0. The van der Waals surface area contributed by atoms with E-state index in [0.717, 1.165) is 12.1 Å². The number of aryl methyl sites for hydroxylation is 1. The molecule has 1 aromatic heterocycles. The number of aromatic nitrogens is 1. The van der Waals surface area contributed by atoms with E-state index in [1.165, 1.54) is 22.2 Å². The van der Waals surface area contributed by atoms with Crippen LogP contribution in [0.1, 0.15) is 17.2 Å². The summed E-state index contributed by atoms with van der Waals surface area (Å²) in [4.78, 5) is 6.76. The topological polar surface area (TPSA) is 28.2 Å². The standard InChI is InChI=1S/C20H23N3/c1-15-13-21-18-12-8-7-11-17(18)20(15)22-14-19(23(2)3)16-9-5-4-6-10-16/h4-13,19H,14H2,1-3H3,(H,21,22). The molecule has 0 aliphatic heterocycles. The molecule has 0 aliphatic carbocycles. The lowest BCUT2D eigenvalue weighted by atomic mass is 10.1. The average molecular weight is 305 g/mol. The molecule has 118 valence electrons. The SMILES string of the molecule is Cc1cnc2ccccc2c1NCC(c1ccccc1)N(C)C. The van der Waals surface area contributed by atoms with E-state index >= 15 is 0 Å². The van der Waals surface area contributed by atoms with Crippen molar-refractivity contribution in [3.8, 4) is 0 Å². The van der Waals surface area contributed by atoms with Crippen LogP contribution in [0.4, 0.5) is 5.69 Å². The van der Waals surface area contributed by atoms with Gasteiger partial charge >= 0.3 is 0 Å². The van der Waals surface area contributed by atoms with E-state index in [9.17, 15) is 0 Å². The summed E-state index contributed by atoms with van der Waals surface area (Å²) < 4.78 is 0. The maximum atomic E-state index is 4.51. The summed E-state index contributed by atoms with van der Waals surface area (Å²) in [7, 11) is 4.24. The van der Waals surface area contributed by atoms with Crippen molar-refractivity contribution in [2.45, 2.75) is 13.0 Å². The zero-order valence-electron chi connectivity index (χ0n) is 14.0. The fraction of sp³-hybridized carbons (Fsp3) is 0.250. The van der Waals surface area contributed by atoms with Crippen molar-refractivity contribution in [2.24, 2.45) is 0 Å². The number of hydrogen-bond acceptors (Lipinski definition) is 3. The zero-order valence-corrected chi connectivity index (χ0v) is 14.0. The Balaban J connectivity index is 1.88. The number of likely N-dealkylation sites (N-methyl/N-ethyl adjacent to an activating group) is 1. The Morgan fingerprint density at radius 2 is 1.70 bits per heavy atom. The van der Waals surface area contributed by atoms with E-state index in [2.05, 4.69) is 84.8 Å². The minimum absolute atomic E-state index is 0.322. The van der Waals surface area contributed by atoms with Gasteiger partial charge in [-0.15, -0.1) is 0 Å². The van der Waals surface area contributed by atoms with Gasteiger partial charge in [-0.1, -0.05) is 48.5 Å². The molecule has 1 unspecified atom stereocenters. The van der Waals surface area contributed by atoms with E-state index in [0.29, 0.717) is 6.04 Å². The second-order valence-electron chi connectivity index (χ2n) is 6.10. The Morgan fingerprint density at radius 1 is 1.00 bits per heavy atom. The normalized spacial score (nSPS) is 12.5. The lowest BCUT2D eigenvalue weighted by Crippen LogP contribution is -2.27. The van der Waals surface area contributed by atoms with Gasteiger partial charge in [0.2, 0.25) is 0 Å². The van der Waals surface area contributed by atoms with Gasteiger partial charge in [-0.25, -0.2) is 0 Å². The molecule has 1 heterocycles. The Morgan fingerprint density at radius 3 is 2.43 bits per heavy atom. The molecule has 3 aromatic rings. The number of rotatable bonds is 5. The number of fused-ring (bicyclic) bond motifs is 1. The molecule has 0 bridgehead atoms. The van der Waals surface area contributed by atoms with Crippen molar-refractivity contribution in [1.82, 2.24) is 9.88 Å². The van der Waals surface area contributed by atoms with Gasteiger partial charge in [0.1, 0.15) is 0 Å². The van der Waals surface area contributed by atoms with Crippen molar-refractivity contribution < 1.29 is 0 Å². The lowest BCUT2D eigenvalue weighted by Gasteiger charge is -2.26. The number of benzene rings is 2. The average Bonchev–Trinajstić information content (AvgIpc) is 2.57. The quantitative estimate of drug-likeness (QED) is 0.763. The third-order valence-electron chi connectivity index (χ3n) is 4.24. The molecule has 3 rings (SSSR count). The van der Waals surface area contributed by atoms with Gasteiger partial charge in [0.05, 0.1) is 11.6 Å². The highest BCUT2D eigenvalue weighted by Crippen LogP contribution is 2.27. The summed E-state index contributed by atoms with van der Waals surface area (Å²) in [6.07, 6.45) is 1.94. The maximum Gasteiger partial charge on any atom is 0.0722 e. The van der Waals surface area contributed by atoms with E-state index in [1.807, 2.05) is 12.3 Å². The molecule has 1 N–H and O–H groups in total. The molecule has 3 heteroatoms. The van der Waals surface area contributed by atoms with E-state index < -0.39 is 0 Å². The van der Waals surface area contributed by atoms with Crippen LogP contribution in [0, 0.1) is 6.92 Å². The fourth-order valence-electron chi connectivity index (χ4n) is 2.95. The van der Waals surface area contributed by atoms with Gasteiger partial charge in [0, 0.05) is 23.8 Å².